The van der Waals surface area contributed by atoms with Crippen LogP contribution in [0.15, 0.2) is 48.5 Å². The van der Waals surface area contributed by atoms with E-state index in [-0.39, 0.29) is 24.1 Å². The van der Waals surface area contributed by atoms with Crippen molar-refractivity contribution < 1.29 is 19.2 Å². The smallest absolute Gasteiger partial charge is 0.269 e. The van der Waals surface area contributed by atoms with E-state index in [9.17, 15) is 19.7 Å². The molecule has 7 nitrogen and oxygen atoms in total. The lowest BCUT2D eigenvalue weighted by molar-refractivity contribution is -0.384. The number of amides is 2. The summed E-state index contributed by atoms with van der Waals surface area (Å²) in [5.74, 6) is -0.241. The van der Waals surface area contributed by atoms with Gasteiger partial charge in [-0.05, 0) is 31.2 Å². The number of carbonyl (C=O) groups excluding carboxylic acids is 2. The lowest BCUT2D eigenvalue weighted by Gasteiger charge is -2.22. The van der Waals surface area contributed by atoms with Gasteiger partial charge in [-0.15, -0.1) is 0 Å². The number of rotatable bonds is 5. The van der Waals surface area contributed by atoms with E-state index in [0.717, 1.165) is 0 Å². The molecule has 0 spiro atoms. The minimum atomic E-state index is -0.495. The molecule has 24 heavy (non-hydrogen) atoms. The molecule has 1 heterocycles. The van der Waals surface area contributed by atoms with Crippen molar-refractivity contribution in [2.75, 3.05) is 6.61 Å². The lowest BCUT2D eigenvalue weighted by Crippen LogP contribution is -2.41. The van der Waals surface area contributed by atoms with Crippen molar-refractivity contribution in [3.8, 4) is 5.75 Å². The largest absolute Gasteiger partial charge is 0.491 e. The number of carbonyl (C=O) groups is 2. The van der Waals surface area contributed by atoms with Crippen LogP contribution in [0.5, 0.6) is 5.75 Å². The molecular weight excluding hydrogens is 312 g/mol. The van der Waals surface area contributed by atoms with Gasteiger partial charge in [0.2, 0.25) is 0 Å². The zero-order valence-corrected chi connectivity index (χ0v) is 12.8. The van der Waals surface area contributed by atoms with Gasteiger partial charge in [-0.1, -0.05) is 12.1 Å². The Hall–Kier alpha value is -3.22. The molecular formula is C17H14N2O5. The Bertz CT molecular complexity index is 781. The van der Waals surface area contributed by atoms with Crippen molar-refractivity contribution in [1.29, 1.82) is 0 Å². The van der Waals surface area contributed by atoms with Gasteiger partial charge in [-0.2, -0.15) is 0 Å². The number of nitro groups is 1. The third-order valence-electron chi connectivity index (χ3n) is 3.80. The molecule has 1 aliphatic heterocycles. The summed E-state index contributed by atoms with van der Waals surface area (Å²) in [7, 11) is 0. The summed E-state index contributed by atoms with van der Waals surface area (Å²) in [6.07, 6.45) is 0. The number of fused-ring (bicyclic) bond motifs is 1. The molecule has 1 atom stereocenters. The number of hydrogen-bond acceptors (Lipinski definition) is 5. The number of ether oxygens (including phenoxy) is 1. The number of imide groups is 1. The van der Waals surface area contributed by atoms with Gasteiger partial charge >= 0.3 is 0 Å². The maximum Gasteiger partial charge on any atom is 0.269 e. The van der Waals surface area contributed by atoms with Crippen molar-refractivity contribution in [2.24, 2.45) is 0 Å². The van der Waals surface area contributed by atoms with Crippen LogP contribution in [0, 0.1) is 10.1 Å². The van der Waals surface area contributed by atoms with Crippen LogP contribution < -0.4 is 4.74 Å². The van der Waals surface area contributed by atoms with Crippen LogP contribution in [0.3, 0.4) is 0 Å². The van der Waals surface area contributed by atoms with E-state index in [4.69, 9.17) is 4.74 Å². The van der Waals surface area contributed by atoms with Crippen molar-refractivity contribution in [3.63, 3.8) is 0 Å². The summed E-state index contributed by atoms with van der Waals surface area (Å²) in [5.41, 5.74) is 0.755. The molecule has 1 aliphatic rings. The molecule has 0 saturated carbocycles. The fourth-order valence-electron chi connectivity index (χ4n) is 2.56. The van der Waals surface area contributed by atoms with Gasteiger partial charge in [0, 0.05) is 12.1 Å². The summed E-state index contributed by atoms with van der Waals surface area (Å²) < 4.78 is 5.54. The maximum atomic E-state index is 12.4. The highest BCUT2D eigenvalue weighted by molar-refractivity contribution is 6.21. The quantitative estimate of drug-likeness (QED) is 0.479. The van der Waals surface area contributed by atoms with Gasteiger partial charge in [0.15, 0.2) is 0 Å². The summed E-state index contributed by atoms with van der Waals surface area (Å²) in [4.78, 5) is 36.0. The second-order valence-corrected chi connectivity index (χ2v) is 5.44. The molecule has 0 N–H and O–H groups in total. The molecule has 0 fully saturated rings. The molecule has 2 aromatic rings. The zero-order chi connectivity index (χ0) is 17.3. The Morgan fingerprint density at radius 3 is 2.08 bits per heavy atom. The first-order valence-electron chi connectivity index (χ1n) is 7.33. The monoisotopic (exact) mass is 326 g/mol. The Balaban J connectivity index is 1.68. The van der Waals surface area contributed by atoms with Gasteiger partial charge < -0.3 is 4.74 Å². The van der Waals surface area contributed by atoms with Crippen LogP contribution in [0.1, 0.15) is 27.6 Å². The van der Waals surface area contributed by atoms with Gasteiger partial charge in [-0.25, -0.2) is 0 Å². The van der Waals surface area contributed by atoms with E-state index in [0.29, 0.717) is 16.9 Å². The second-order valence-electron chi connectivity index (χ2n) is 5.44. The van der Waals surface area contributed by atoms with Crippen molar-refractivity contribution in [1.82, 2.24) is 4.90 Å². The number of nitro benzene ring substituents is 1. The van der Waals surface area contributed by atoms with Crippen LogP contribution in [0.2, 0.25) is 0 Å². The molecule has 122 valence electrons. The normalized spacial score (nSPS) is 14.5. The SMILES string of the molecule is CC(COc1ccc([N+](=O)[O-])cc1)N1C(=O)c2ccccc2C1=O. The molecule has 1 unspecified atom stereocenters. The minimum Gasteiger partial charge on any atom is -0.491 e. The second kappa shape index (κ2) is 6.11. The Morgan fingerprint density at radius 1 is 1.04 bits per heavy atom. The van der Waals surface area contributed by atoms with Gasteiger partial charge in [0.05, 0.1) is 22.1 Å². The molecule has 0 radical (unpaired) electrons. The molecule has 0 aromatic heterocycles. The van der Waals surface area contributed by atoms with Crippen molar-refractivity contribution in [2.45, 2.75) is 13.0 Å². The van der Waals surface area contributed by atoms with Crippen LogP contribution in [-0.4, -0.2) is 34.3 Å². The molecule has 2 amide bonds. The first-order chi connectivity index (χ1) is 11.5. The van der Waals surface area contributed by atoms with E-state index < -0.39 is 11.0 Å². The summed E-state index contributed by atoms with van der Waals surface area (Å²) in [6, 6.07) is 11.8. The Labute approximate surface area is 137 Å². The van der Waals surface area contributed by atoms with Gasteiger partial charge in [-0.3, -0.25) is 24.6 Å². The average Bonchev–Trinajstić information content (AvgIpc) is 2.85. The highest BCUT2D eigenvalue weighted by Gasteiger charge is 2.38. The maximum absolute atomic E-state index is 12.4. The van der Waals surface area contributed by atoms with E-state index in [2.05, 4.69) is 0 Å². The first-order valence-corrected chi connectivity index (χ1v) is 7.33. The van der Waals surface area contributed by atoms with Gasteiger partial charge in [0.25, 0.3) is 17.5 Å². The summed E-state index contributed by atoms with van der Waals surface area (Å²) in [5, 5.41) is 10.6. The van der Waals surface area contributed by atoms with Crippen LogP contribution in [-0.2, 0) is 0 Å². The number of nitrogens with zero attached hydrogens (tertiary/aromatic N) is 2. The number of hydrogen-bond donors (Lipinski definition) is 0. The third-order valence-corrected chi connectivity index (χ3v) is 3.80. The number of benzene rings is 2. The van der Waals surface area contributed by atoms with Crippen LogP contribution >= 0.6 is 0 Å². The number of non-ortho nitro benzene ring substituents is 1. The van der Waals surface area contributed by atoms with Crippen molar-refractivity contribution >= 4 is 17.5 Å². The Morgan fingerprint density at radius 2 is 1.58 bits per heavy atom. The van der Waals surface area contributed by atoms with Crippen LogP contribution in [0.4, 0.5) is 5.69 Å². The van der Waals surface area contributed by atoms with Gasteiger partial charge in [0.1, 0.15) is 12.4 Å². The molecule has 0 bridgehead atoms. The van der Waals surface area contributed by atoms with Crippen molar-refractivity contribution in [3.05, 3.63) is 69.8 Å². The summed E-state index contributed by atoms with van der Waals surface area (Å²) in [6.45, 7) is 1.82. The van der Waals surface area contributed by atoms with E-state index >= 15 is 0 Å². The standard InChI is InChI=1S/C17H14N2O5/c1-11(10-24-13-8-6-12(7-9-13)19(22)23)18-16(20)14-4-2-3-5-15(14)17(18)21/h2-9,11H,10H2,1H3. The fraction of sp³-hybridized carbons (Fsp3) is 0.176. The minimum absolute atomic E-state index is 0.0317. The molecule has 0 aliphatic carbocycles. The third kappa shape index (κ3) is 2.71. The highest BCUT2D eigenvalue weighted by atomic mass is 16.6. The van der Waals surface area contributed by atoms with E-state index in [1.54, 1.807) is 31.2 Å². The average molecular weight is 326 g/mol. The summed E-state index contributed by atoms with van der Waals surface area (Å²) >= 11 is 0. The van der Waals surface area contributed by atoms with Crippen LogP contribution in [0.25, 0.3) is 0 Å². The molecule has 2 aromatic carbocycles. The fourth-order valence-corrected chi connectivity index (χ4v) is 2.56. The molecule has 0 saturated heterocycles. The van der Waals surface area contributed by atoms with E-state index in [1.165, 1.54) is 29.2 Å². The first kappa shape index (κ1) is 15.7. The predicted octanol–water partition coefficient (Wildman–Crippen LogP) is 2.66. The molecule has 7 heteroatoms. The molecule has 3 rings (SSSR count). The predicted molar refractivity (Wildman–Crippen MR) is 85.0 cm³/mol. The lowest BCUT2D eigenvalue weighted by atomic mass is 10.1. The van der Waals surface area contributed by atoms with E-state index in [1.807, 2.05) is 0 Å². The zero-order valence-electron chi connectivity index (χ0n) is 12.8. The topological polar surface area (TPSA) is 89.8 Å². The Kier molecular flexibility index (Phi) is 3.99. The highest BCUT2D eigenvalue weighted by Crippen LogP contribution is 2.25.